The lowest BCUT2D eigenvalue weighted by molar-refractivity contribution is 1.26. The van der Waals surface area contributed by atoms with E-state index in [1.54, 1.807) is 0 Å². The van der Waals surface area contributed by atoms with Crippen LogP contribution in [0.4, 0.5) is 5.69 Å². The zero-order chi connectivity index (χ0) is 24.4. The minimum Gasteiger partial charge on any atom is -0.354 e. The molecule has 0 saturated heterocycles. The van der Waals surface area contributed by atoms with Gasteiger partial charge in [0, 0.05) is 16.8 Å². The number of nitrogens with one attached hydrogen (secondary N) is 1. The molecule has 172 valence electrons. The normalized spacial score (nSPS) is 11.9. The van der Waals surface area contributed by atoms with Crippen LogP contribution in [0.25, 0.3) is 11.3 Å². The Morgan fingerprint density at radius 1 is 0.500 bits per heavy atom. The molecule has 4 aromatic rings. The van der Waals surface area contributed by atoms with Crippen LogP contribution in [0.3, 0.4) is 0 Å². The van der Waals surface area contributed by atoms with Gasteiger partial charge in [-0.15, -0.1) is 0 Å². The van der Waals surface area contributed by atoms with Crippen LogP contribution in [0, 0.1) is 48.5 Å². The van der Waals surface area contributed by atoms with Crippen molar-refractivity contribution in [3.8, 4) is 0 Å². The van der Waals surface area contributed by atoms with Gasteiger partial charge in [-0.05, 0) is 94.0 Å². The number of benzene rings is 4. The molecule has 0 radical (unpaired) electrons. The van der Waals surface area contributed by atoms with E-state index in [4.69, 9.17) is 0 Å². The summed E-state index contributed by atoms with van der Waals surface area (Å²) in [5, 5.41) is 3.87. The molecule has 1 heteroatoms. The third kappa shape index (κ3) is 4.84. The van der Waals surface area contributed by atoms with Crippen LogP contribution >= 0.6 is 0 Å². The first-order chi connectivity index (χ1) is 16.2. The average Bonchev–Trinajstić information content (AvgIpc) is 2.77. The fraction of sp³-hybridized carbons (Fsp3) is 0.212. The lowest BCUT2D eigenvalue weighted by atomic mass is 9.85. The van der Waals surface area contributed by atoms with Gasteiger partial charge in [0.05, 0.1) is 5.70 Å². The lowest BCUT2D eigenvalue weighted by Gasteiger charge is -2.25. The lowest BCUT2D eigenvalue weighted by Crippen LogP contribution is -2.09. The summed E-state index contributed by atoms with van der Waals surface area (Å²) in [7, 11) is 0. The minimum absolute atomic E-state index is 1.09. The second kappa shape index (κ2) is 9.73. The van der Waals surface area contributed by atoms with Gasteiger partial charge in [-0.1, -0.05) is 83.4 Å². The summed E-state index contributed by atoms with van der Waals surface area (Å²) in [4.78, 5) is 0. The van der Waals surface area contributed by atoms with Crippen molar-refractivity contribution in [2.75, 3.05) is 5.32 Å². The van der Waals surface area contributed by atoms with Crippen molar-refractivity contribution in [1.29, 1.82) is 0 Å². The first kappa shape index (κ1) is 23.6. The summed E-state index contributed by atoms with van der Waals surface area (Å²) in [5.74, 6) is 0. The van der Waals surface area contributed by atoms with Crippen LogP contribution in [0.2, 0.25) is 0 Å². The highest BCUT2D eigenvalue weighted by molar-refractivity contribution is 6.04. The number of hydrogen-bond donors (Lipinski definition) is 1. The van der Waals surface area contributed by atoms with Crippen molar-refractivity contribution in [2.45, 2.75) is 48.5 Å². The second-order valence-electron chi connectivity index (χ2n) is 9.65. The molecule has 1 N–H and O–H groups in total. The van der Waals surface area contributed by atoms with Crippen LogP contribution < -0.4 is 5.32 Å². The van der Waals surface area contributed by atoms with Gasteiger partial charge < -0.3 is 5.32 Å². The molecule has 0 saturated carbocycles. The minimum atomic E-state index is 1.09. The Kier molecular flexibility index (Phi) is 6.75. The molecule has 4 rings (SSSR count). The first-order valence-electron chi connectivity index (χ1n) is 12.0. The third-order valence-electron chi connectivity index (χ3n) is 6.49. The predicted octanol–water partition coefficient (Wildman–Crippen LogP) is 8.87. The van der Waals surface area contributed by atoms with Crippen molar-refractivity contribution in [3.63, 3.8) is 0 Å². The Labute approximate surface area is 205 Å². The highest BCUT2D eigenvalue weighted by Gasteiger charge is 2.21. The Hall–Kier alpha value is -3.58. The van der Waals surface area contributed by atoms with Gasteiger partial charge >= 0.3 is 0 Å². The molecule has 0 fully saturated rings. The monoisotopic (exact) mass is 445 g/mol. The van der Waals surface area contributed by atoms with Gasteiger partial charge in [0.25, 0.3) is 0 Å². The van der Waals surface area contributed by atoms with E-state index in [-0.39, 0.29) is 0 Å². The Bertz CT molecular complexity index is 1310. The van der Waals surface area contributed by atoms with Crippen molar-refractivity contribution in [1.82, 2.24) is 0 Å². The van der Waals surface area contributed by atoms with Crippen LogP contribution in [-0.4, -0.2) is 0 Å². The molecular weight excluding hydrogens is 410 g/mol. The van der Waals surface area contributed by atoms with Crippen molar-refractivity contribution < 1.29 is 0 Å². The first-order valence-corrected chi connectivity index (χ1v) is 12.0. The standard InChI is InChI=1S/C33H35N/c1-21-13-15-29(16-14-21)34-33(31-26(6)19-23(3)20-27(31)7)32(28-11-9-8-10-12-28)30-24(4)17-22(2)18-25(30)5/h8-20,34H,1-7H3/b33-32-. The Morgan fingerprint density at radius 2 is 0.971 bits per heavy atom. The van der Waals surface area contributed by atoms with E-state index in [0.29, 0.717) is 0 Å². The zero-order valence-corrected chi connectivity index (χ0v) is 21.5. The summed E-state index contributed by atoms with van der Waals surface area (Å²) < 4.78 is 0. The summed E-state index contributed by atoms with van der Waals surface area (Å²) in [6.07, 6.45) is 0. The van der Waals surface area contributed by atoms with Crippen LogP contribution in [0.15, 0.2) is 78.9 Å². The van der Waals surface area contributed by atoms with Gasteiger partial charge in [-0.25, -0.2) is 0 Å². The van der Waals surface area contributed by atoms with E-state index in [1.807, 2.05) is 0 Å². The van der Waals surface area contributed by atoms with Crippen molar-refractivity contribution >= 4 is 17.0 Å². The molecular formula is C33H35N. The summed E-state index contributed by atoms with van der Waals surface area (Å²) >= 11 is 0. The highest BCUT2D eigenvalue weighted by atomic mass is 14.9. The van der Waals surface area contributed by atoms with Gasteiger partial charge in [-0.3, -0.25) is 0 Å². The van der Waals surface area contributed by atoms with Gasteiger partial charge in [0.15, 0.2) is 0 Å². The summed E-state index contributed by atoms with van der Waals surface area (Å²) in [5.41, 5.74) is 16.3. The average molecular weight is 446 g/mol. The van der Waals surface area contributed by atoms with E-state index in [9.17, 15) is 0 Å². The number of hydrogen-bond acceptors (Lipinski definition) is 1. The summed E-state index contributed by atoms with van der Waals surface area (Å²) in [6.45, 7) is 15.4. The molecule has 0 bridgehead atoms. The van der Waals surface area contributed by atoms with Crippen molar-refractivity contribution in [3.05, 3.63) is 134 Å². The van der Waals surface area contributed by atoms with Gasteiger partial charge in [0.2, 0.25) is 0 Å². The smallest absolute Gasteiger partial charge is 0.0549 e. The van der Waals surface area contributed by atoms with Gasteiger partial charge in [0.1, 0.15) is 0 Å². The topological polar surface area (TPSA) is 12.0 Å². The quantitative estimate of drug-likeness (QED) is 0.302. The van der Waals surface area contributed by atoms with E-state index < -0.39 is 0 Å². The molecule has 0 unspecified atom stereocenters. The number of anilines is 1. The fourth-order valence-corrected chi connectivity index (χ4v) is 5.20. The molecule has 0 spiro atoms. The molecule has 0 aliphatic carbocycles. The largest absolute Gasteiger partial charge is 0.354 e. The predicted molar refractivity (Wildman–Crippen MR) is 148 cm³/mol. The van der Waals surface area contributed by atoms with E-state index >= 15 is 0 Å². The number of aryl methyl sites for hydroxylation is 7. The van der Waals surface area contributed by atoms with Crippen LogP contribution in [0.1, 0.15) is 55.6 Å². The Morgan fingerprint density at radius 3 is 1.47 bits per heavy atom. The van der Waals surface area contributed by atoms with Crippen LogP contribution in [0.5, 0.6) is 0 Å². The summed E-state index contributed by atoms with van der Waals surface area (Å²) in [6, 6.07) is 28.6. The van der Waals surface area contributed by atoms with E-state index in [0.717, 1.165) is 11.4 Å². The number of rotatable bonds is 5. The van der Waals surface area contributed by atoms with Gasteiger partial charge in [-0.2, -0.15) is 0 Å². The fourth-order valence-electron chi connectivity index (χ4n) is 5.20. The highest BCUT2D eigenvalue weighted by Crippen LogP contribution is 2.39. The maximum Gasteiger partial charge on any atom is 0.0549 e. The van der Waals surface area contributed by atoms with E-state index in [2.05, 4.69) is 133 Å². The molecule has 4 aromatic carbocycles. The Balaban J connectivity index is 2.14. The molecule has 0 aliphatic rings. The van der Waals surface area contributed by atoms with Crippen molar-refractivity contribution in [2.24, 2.45) is 0 Å². The molecule has 0 amide bonds. The van der Waals surface area contributed by atoms with E-state index in [1.165, 1.54) is 61.2 Å². The molecule has 34 heavy (non-hydrogen) atoms. The maximum absolute atomic E-state index is 3.87. The SMILES string of the molecule is Cc1ccc(N/C(=C(/c2ccccc2)c2c(C)cc(C)cc2C)c2c(C)cc(C)cc2C)cc1. The zero-order valence-electron chi connectivity index (χ0n) is 21.5. The molecule has 0 heterocycles. The van der Waals surface area contributed by atoms with Crippen LogP contribution in [-0.2, 0) is 0 Å². The third-order valence-corrected chi connectivity index (χ3v) is 6.49. The maximum atomic E-state index is 3.87. The molecule has 0 aromatic heterocycles. The molecule has 0 atom stereocenters. The molecule has 1 nitrogen and oxygen atoms in total. The molecule has 0 aliphatic heterocycles. The second-order valence-corrected chi connectivity index (χ2v) is 9.65.